The minimum absolute atomic E-state index is 0.194. The first kappa shape index (κ1) is 23.3. The number of aryl methyl sites for hydroxylation is 2. The van der Waals surface area contributed by atoms with Crippen molar-refractivity contribution in [3.63, 3.8) is 0 Å². The number of thiophene rings is 1. The molecule has 33 heavy (non-hydrogen) atoms. The van der Waals surface area contributed by atoms with Crippen molar-refractivity contribution in [2.24, 2.45) is 0 Å². The molecule has 3 heterocycles. The van der Waals surface area contributed by atoms with Gasteiger partial charge in [0.25, 0.3) is 0 Å². The highest BCUT2D eigenvalue weighted by Gasteiger charge is 2.21. The van der Waals surface area contributed by atoms with Gasteiger partial charge in [-0.2, -0.15) is 5.10 Å². The van der Waals surface area contributed by atoms with Crippen LogP contribution in [-0.4, -0.2) is 32.7 Å². The number of halogens is 1. The number of fused-ring (bicyclic) bond motifs is 1. The van der Waals surface area contributed by atoms with Crippen molar-refractivity contribution in [2.45, 2.75) is 47.2 Å². The minimum Gasteiger partial charge on any atom is -0.453 e. The summed E-state index contributed by atoms with van der Waals surface area (Å²) < 4.78 is 9.35. The fraction of sp³-hybridized carbons (Fsp3) is 0.320. The van der Waals surface area contributed by atoms with Crippen molar-refractivity contribution < 1.29 is 14.3 Å². The van der Waals surface area contributed by atoms with Gasteiger partial charge in [0.2, 0.25) is 5.78 Å². The van der Waals surface area contributed by atoms with Crippen molar-refractivity contribution in [3.8, 4) is 0 Å². The van der Waals surface area contributed by atoms with Gasteiger partial charge in [-0.05, 0) is 51.0 Å². The molecule has 0 aliphatic carbocycles. The van der Waals surface area contributed by atoms with Crippen molar-refractivity contribution in [1.82, 2.24) is 14.3 Å². The summed E-state index contributed by atoms with van der Waals surface area (Å²) in [5, 5.41) is 6.17. The van der Waals surface area contributed by atoms with Crippen LogP contribution in [0.2, 0.25) is 5.02 Å². The monoisotopic (exact) mass is 483 g/mol. The van der Waals surface area contributed by atoms with Crippen LogP contribution in [0, 0.1) is 20.8 Å². The molecule has 0 fully saturated rings. The van der Waals surface area contributed by atoms with Crippen LogP contribution in [0.25, 0.3) is 10.2 Å². The van der Waals surface area contributed by atoms with E-state index in [1.165, 1.54) is 11.3 Å². The maximum atomic E-state index is 12.7. The highest BCUT2D eigenvalue weighted by atomic mass is 35.5. The Morgan fingerprint density at radius 1 is 1.15 bits per heavy atom. The molecule has 0 atom stereocenters. The fourth-order valence-corrected chi connectivity index (χ4v) is 5.29. The maximum Gasteiger partial charge on any atom is 0.348 e. The molecule has 0 spiro atoms. The Kier molecular flexibility index (Phi) is 6.72. The van der Waals surface area contributed by atoms with Gasteiger partial charge in [0.05, 0.1) is 12.2 Å². The molecule has 1 aromatic carbocycles. The summed E-state index contributed by atoms with van der Waals surface area (Å²) in [4.78, 5) is 26.8. The van der Waals surface area contributed by atoms with E-state index in [2.05, 4.69) is 16.6 Å². The Morgan fingerprint density at radius 3 is 2.64 bits per heavy atom. The van der Waals surface area contributed by atoms with Crippen LogP contribution in [0.5, 0.6) is 0 Å². The lowest BCUT2D eigenvalue weighted by atomic mass is 10.1. The molecule has 172 valence electrons. The summed E-state index contributed by atoms with van der Waals surface area (Å²) in [6.45, 7) is 9.00. The van der Waals surface area contributed by atoms with Crippen molar-refractivity contribution in [2.75, 3.05) is 6.61 Å². The van der Waals surface area contributed by atoms with Gasteiger partial charge in [-0.1, -0.05) is 36.7 Å². The molecule has 0 N–H and O–H groups in total. The van der Waals surface area contributed by atoms with Gasteiger partial charge in [0.1, 0.15) is 9.71 Å². The number of benzene rings is 1. The third-order valence-corrected chi connectivity index (χ3v) is 7.24. The summed E-state index contributed by atoms with van der Waals surface area (Å²) in [6, 6.07) is 11.3. The summed E-state index contributed by atoms with van der Waals surface area (Å²) in [5.74, 6) is -0.698. The van der Waals surface area contributed by atoms with Crippen molar-refractivity contribution in [3.05, 3.63) is 74.5 Å². The van der Waals surface area contributed by atoms with Crippen LogP contribution < -0.4 is 0 Å². The molecule has 0 radical (unpaired) electrons. The van der Waals surface area contributed by atoms with E-state index in [0.717, 1.165) is 45.8 Å². The third kappa shape index (κ3) is 4.61. The predicted molar refractivity (Wildman–Crippen MR) is 132 cm³/mol. The maximum absolute atomic E-state index is 12.7. The number of rotatable bonds is 8. The topological polar surface area (TPSA) is 66.1 Å². The molecular formula is C25H26ClN3O3S. The average Bonchev–Trinajstić information content (AvgIpc) is 3.44. The number of aromatic nitrogens is 3. The highest BCUT2D eigenvalue weighted by molar-refractivity contribution is 7.20. The van der Waals surface area contributed by atoms with Gasteiger partial charge in [-0.25, -0.2) is 4.79 Å². The highest BCUT2D eigenvalue weighted by Crippen LogP contribution is 2.30. The first-order valence-electron chi connectivity index (χ1n) is 10.9. The summed E-state index contributed by atoms with van der Waals surface area (Å²) in [5.41, 5.74) is 4.33. The zero-order valence-electron chi connectivity index (χ0n) is 19.1. The average molecular weight is 484 g/mol. The summed E-state index contributed by atoms with van der Waals surface area (Å²) in [7, 11) is 0. The second kappa shape index (κ2) is 9.53. The van der Waals surface area contributed by atoms with E-state index in [-0.39, 0.29) is 12.4 Å². The van der Waals surface area contributed by atoms with Gasteiger partial charge in [-0.3, -0.25) is 9.48 Å². The normalized spacial score (nSPS) is 11.3. The molecule has 4 aromatic rings. The largest absolute Gasteiger partial charge is 0.453 e. The number of nitrogens with zero attached hydrogens (tertiary/aromatic N) is 3. The van der Waals surface area contributed by atoms with E-state index < -0.39 is 5.97 Å². The second-order valence-corrected chi connectivity index (χ2v) is 9.54. The lowest BCUT2D eigenvalue weighted by Gasteiger charge is -2.08. The van der Waals surface area contributed by atoms with Crippen molar-refractivity contribution >= 4 is 44.9 Å². The van der Waals surface area contributed by atoms with Crippen LogP contribution in [0.1, 0.15) is 56.0 Å². The number of ketones is 1. The van der Waals surface area contributed by atoms with Crippen LogP contribution in [0.15, 0.2) is 36.4 Å². The Balaban J connectivity index is 1.49. The smallest absolute Gasteiger partial charge is 0.348 e. The van der Waals surface area contributed by atoms with Crippen LogP contribution in [-0.2, 0) is 17.8 Å². The number of hydrogen-bond acceptors (Lipinski definition) is 5. The fourth-order valence-electron chi connectivity index (χ4n) is 4.04. The standard InChI is InChI=1S/C25H26ClN3O3S/c1-5-10-28-15(2)11-20(17(28)4)22(30)14-32-25(31)23-12-19-16(3)27-29(24(19)33-23)13-18-8-6-7-9-21(18)26/h6-9,11-12H,5,10,13-14H2,1-4H3. The molecule has 0 saturated heterocycles. The molecular weight excluding hydrogens is 458 g/mol. The SMILES string of the molecule is CCCn1c(C)cc(C(=O)COC(=O)c2cc3c(C)nn(Cc4ccccc4Cl)c3s2)c1C. The first-order valence-corrected chi connectivity index (χ1v) is 12.1. The molecule has 6 nitrogen and oxygen atoms in total. The van der Waals surface area contributed by atoms with Gasteiger partial charge in [0, 0.05) is 33.9 Å². The van der Waals surface area contributed by atoms with Gasteiger partial charge < -0.3 is 9.30 Å². The Morgan fingerprint density at radius 2 is 1.91 bits per heavy atom. The van der Waals surface area contributed by atoms with E-state index in [1.807, 2.05) is 55.8 Å². The molecule has 0 aliphatic rings. The van der Waals surface area contributed by atoms with Crippen LogP contribution in [0.4, 0.5) is 0 Å². The molecule has 0 amide bonds. The number of ether oxygens (including phenoxy) is 1. The van der Waals surface area contributed by atoms with E-state index >= 15 is 0 Å². The molecule has 8 heteroatoms. The molecule has 0 aliphatic heterocycles. The van der Waals surface area contributed by atoms with Crippen molar-refractivity contribution in [1.29, 1.82) is 0 Å². The second-order valence-electron chi connectivity index (χ2n) is 8.10. The van der Waals surface area contributed by atoms with Gasteiger partial charge >= 0.3 is 5.97 Å². The lowest BCUT2D eigenvalue weighted by molar-refractivity contribution is 0.0479. The van der Waals surface area contributed by atoms with E-state index in [9.17, 15) is 9.59 Å². The minimum atomic E-state index is -0.504. The predicted octanol–water partition coefficient (Wildman–Crippen LogP) is 5.98. The Bertz CT molecular complexity index is 1350. The zero-order chi connectivity index (χ0) is 23.7. The summed E-state index contributed by atoms with van der Waals surface area (Å²) >= 11 is 7.61. The Hall–Kier alpha value is -2.90. The zero-order valence-corrected chi connectivity index (χ0v) is 20.7. The third-order valence-electron chi connectivity index (χ3n) is 5.74. The lowest BCUT2D eigenvalue weighted by Crippen LogP contribution is -2.14. The van der Waals surface area contributed by atoms with Gasteiger partial charge in [0.15, 0.2) is 6.61 Å². The number of Topliss-reactive ketones (excluding diaryl/α,β-unsaturated/α-hetero) is 1. The van der Waals surface area contributed by atoms with E-state index in [1.54, 1.807) is 6.07 Å². The Labute approximate surface area is 201 Å². The molecule has 3 aromatic heterocycles. The molecule has 0 bridgehead atoms. The number of carbonyl (C=O) groups excluding carboxylic acids is 2. The number of carbonyl (C=O) groups is 2. The summed E-state index contributed by atoms with van der Waals surface area (Å²) in [6.07, 6.45) is 0.984. The number of hydrogen-bond donors (Lipinski definition) is 0. The van der Waals surface area contributed by atoms with E-state index in [0.29, 0.717) is 22.0 Å². The number of esters is 1. The molecule has 4 rings (SSSR count). The molecule has 0 saturated carbocycles. The van der Waals surface area contributed by atoms with Gasteiger partial charge in [-0.15, -0.1) is 11.3 Å². The first-order chi connectivity index (χ1) is 15.8. The molecule has 0 unspecified atom stereocenters. The quantitative estimate of drug-likeness (QED) is 0.228. The van der Waals surface area contributed by atoms with E-state index in [4.69, 9.17) is 16.3 Å². The van der Waals surface area contributed by atoms with Crippen LogP contribution >= 0.6 is 22.9 Å². The van der Waals surface area contributed by atoms with Crippen LogP contribution in [0.3, 0.4) is 0 Å².